The lowest BCUT2D eigenvalue weighted by Crippen LogP contribution is -2.38. The molecule has 0 heterocycles. The third-order valence-electron chi connectivity index (χ3n) is 1.26. The van der Waals surface area contributed by atoms with Crippen LogP contribution in [-0.2, 0) is 4.79 Å². The van der Waals surface area contributed by atoms with E-state index in [-0.39, 0.29) is 6.29 Å². The Kier molecular flexibility index (Phi) is 4.98. The van der Waals surface area contributed by atoms with Gasteiger partial charge in [0.05, 0.1) is 18.8 Å². The van der Waals surface area contributed by atoms with Crippen molar-refractivity contribution in [3.8, 4) is 0 Å². The predicted molar refractivity (Wildman–Crippen MR) is 38.1 cm³/mol. The van der Waals surface area contributed by atoms with Crippen LogP contribution in [0.2, 0.25) is 0 Å². The van der Waals surface area contributed by atoms with E-state index in [4.69, 9.17) is 20.9 Å². The molecule has 3 atom stereocenters. The van der Waals surface area contributed by atoms with E-state index in [2.05, 4.69) is 10.0 Å². The Balaban J connectivity index is 4.40. The van der Waals surface area contributed by atoms with Gasteiger partial charge in [-0.1, -0.05) is 5.11 Å². The number of aldehydes is 1. The van der Waals surface area contributed by atoms with Crippen LogP contribution in [0.1, 0.15) is 0 Å². The van der Waals surface area contributed by atoms with Crippen LogP contribution >= 0.6 is 0 Å². The molecule has 0 aliphatic carbocycles. The fourth-order valence-electron chi connectivity index (χ4n) is 0.621. The molecule has 0 radical (unpaired) electrons. The maximum absolute atomic E-state index is 10.0. The van der Waals surface area contributed by atoms with Gasteiger partial charge < -0.3 is 20.1 Å². The first kappa shape index (κ1) is 10.9. The number of hydrogen-bond donors (Lipinski definition) is 3. The molecule has 0 aromatic rings. The molecule has 0 aromatic carbocycles. The average Bonchev–Trinajstić information content (AvgIpc) is 2.11. The van der Waals surface area contributed by atoms with E-state index in [9.17, 15) is 4.79 Å². The summed E-state index contributed by atoms with van der Waals surface area (Å²) in [5.41, 5.74) is 7.96. The molecule has 0 amide bonds. The number of nitrogens with zero attached hydrogens (tertiary/aromatic N) is 3. The molecule has 0 saturated carbocycles. The van der Waals surface area contributed by atoms with Crippen molar-refractivity contribution in [3.63, 3.8) is 0 Å². The molecular formula is C5H9N3O4. The molecule has 0 unspecified atom stereocenters. The lowest BCUT2D eigenvalue weighted by molar-refractivity contribution is -0.117. The van der Waals surface area contributed by atoms with Crippen LogP contribution in [0.4, 0.5) is 0 Å². The third kappa shape index (κ3) is 2.85. The van der Waals surface area contributed by atoms with Gasteiger partial charge in [0.1, 0.15) is 12.4 Å². The molecule has 68 valence electrons. The summed E-state index contributed by atoms with van der Waals surface area (Å²) >= 11 is 0. The van der Waals surface area contributed by atoms with Crippen molar-refractivity contribution in [3.05, 3.63) is 10.4 Å². The topological polar surface area (TPSA) is 127 Å². The van der Waals surface area contributed by atoms with Crippen molar-refractivity contribution in [2.45, 2.75) is 18.2 Å². The quantitative estimate of drug-likeness (QED) is 0.205. The Morgan fingerprint density at radius 3 is 2.50 bits per heavy atom. The number of aliphatic hydroxyl groups is 3. The van der Waals surface area contributed by atoms with E-state index in [0.717, 1.165) is 0 Å². The first-order chi connectivity index (χ1) is 5.67. The number of aliphatic hydroxyl groups excluding tert-OH is 3. The van der Waals surface area contributed by atoms with Gasteiger partial charge in [0.15, 0.2) is 0 Å². The largest absolute Gasteiger partial charge is 0.394 e. The van der Waals surface area contributed by atoms with Gasteiger partial charge in [-0.25, -0.2) is 0 Å². The van der Waals surface area contributed by atoms with Crippen LogP contribution in [0.3, 0.4) is 0 Å². The first-order valence-electron chi connectivity index (χ1n) is 3.13. The van der Waals surface area contributed by atoms with Crippen LogP contribution in [0, 0.1) is 0 Å². The van der Waals surface area contributed by atoms with Gasteiger partial charge in [-0.2, -0.15) is 0 Å². The molecule has 0 saturated heterocycles. The van der Waals surface area contributed by atoms with Gasteiger partial charge in [-0.05, 0) is 5.53 Å². The van der Waals surface area contributed by atoms with Crippen molar-refractivity contribution < 1.29 is 20.1 Å². The van der Waals surface area contributed by atoms with Gasteiger partial charge in [0.2, 0.25) is 0 Å². The number of rotatable bonds is 5. The lowest BCUT2D eigenvalue weighted by atomic mass is 10.1. The second-order valence-electron chi connectivity index (χ2n) is 2.07. The maximum atomic E-state index is 10.0. The number of azide groups is 1. The van der Waals surface area contributed by atoms with E-state index in [1.54, 1.807) is 0 Å². The second-order valence-corrected chi connectivity index (χ2v) is 2.07. The van der Waals surface area contributed by atoms with Gasteiger partial charge in [-0.3, -0.25) is 0 Å². The van der Waals surface area contributed by atoms with E-state index in [1.807, 2.05) is 0 Å². The molecule has 0 aromatic heterocycles. The highest BCUT2D eigenvalue weighted by Crippen LogP contribution is 2.03. The molecule has 0 spiro atoms. The van der Waals surface area contributed by atoms with Crippen LogP contribution in [0.15, 0.2) is 5.11 Å². The molecule has 0 aliphatic heterocycles. The van der Waals surface area contributed by atoms with Crippen molar-refractivity contribution in [1.29, 1.82) is 0 Å². The predicted octanol–water partition coefficient (Wildman–Crippen LogP) is -1.42. The van der Waals surface area contributed by atoms with Crippen LogP contribution in [0.25, 0.3) is 10.4 Å². The number of carbonyl (C=O) groups excluding carboxylic acids is 1. The summed E-state index contributed by atoms with van der Waals surface area (Å²) < 4.78 is 0. The molecule has 7 heteroatoms. The van der Waals surface area contributed by atoms with Crippen LogP contribution in [0.5, 0.6) is 0 Å². The fourth-order valence-corrected chi connectivity index (χ4v) is 0.621. The average molecular weight is 175 g/mol. The highest BCUT2D eigenvalue weighted by Gasteiger charge is 2.24. The zero-order chi connectivity index (χ0) is 9.56. The molecule has 3 N–H and O–H groups in total. The fraction of sp³-hybridized carbons (Fsp3) is 0.800. The zero-order valence-electron chi connectivity index (χ0n) is 6.11. The highest BCUT2D eigenvalue weighted by molar-refractivity contribution is 5.57. The summed E-state index contributed by atoms with van der Waals surface area (Å²) in [6.45, 7) is -0.686. The first-order valence-corrected chi connectivity index (χ1v) is 3.13. The van der Waals surface area contributed by atoms with Crippen molar-refractivity contribution in [1.82, 2.24) is 0 Å². The van der Waals surface area contributed by atoms with Gasteiger partial charge >= 0.3 is 0 Å². The third-order valence-corrected chi connectivity index (χ3v) is 1.26. The molecule has 7 nitrogen and oxygen atoms in total. The van der Waals surface area contributed by atoms with Gasteiger partial charge in [0.25, 0.3) is 0 Å². The Morgan fingerprint density at radius 2 is 2.17 bits per heavy atom. The van der Waals surface area contributed by atoms with Crippen LogP contribution in [-0.4, -0.2) is 46.5 Å². The second kappa shape index (κ2) is 5.50. The monoisotopic (exact) mass is 175 g/mol. The van der Waals surface area contributed by atoms with Gasteiger partial charge in [0, 0.05) is 4.91 Å². The standard InChI is InChI=1S/C5H9N3O4/c6-8-7-5(3(11)1-9)4(12)2-10/h1,3-5,10-12H,2H2/t3-,4+,5-/m0/s1. The molecule has 0 aliphatic rings. The van der Waals surface area contributed by atoms with Crippen molar-refractivity contribution >= 4 is 6.29 Å². The minimum atomic E-state index is -1.59. The Labute approximate surface area is 67.9 Å². The normalized spacial score (nSPS) is 17.2. The number of carbonyl (C=O) groups is 1. The van der Waals surface area contributed by atoms with E-state index < -0.39 is 24.9 Å². The van der Waals surface area contributed by atoms with Crippen LogP contribution < -0.4 is 0 Å². The summed E-state index contributed by atoms with van der Waals surface area (Å²) in [4.78, 5) is 12.3. The van der Waals surface area contributed by atoms with E-state index in [0.29, 0.717) is 0 Å². The minimum absolute atomic E-state index is 0.123. The highest BCUT2D eigenvalue weighted by atomic mass is 16.3. The van der Waals surface area contributed by atoms with Gasteiger partial charge in [-0.15, -0.1) is 0 Å². The maximum Gasteiger partial charge on any atom is 0.149 e. The lowest BCUT2D eigenvalue weighted by Gasteiger charge is -2.17. The summed E-state index contributed by atoms with van der Waals surface area (Å²) in [7, 11) is 0. The SMILES string of the molecule is [N-]=[N+]=N[C@H]([C@H](O)CO)[C@@H](O)C=O. The molecule has 0 fully saturated rings. The molecular weight excluding hydrogens is 166 g/mol. The summed E-state index contributed by atoms with van der Waals surface area (Å²) in [5, 5.41) is 29.1. The van der Waals surface area contributed by atoms with Crippen molar-refractivity contribution in [2.75, 3.05) is 6.61 Å². The molecule has 0 rings (SSSR count). The minimum Gasteiger partial charge on any atom is -0.394 e. The van der Waals surface area contributed by atoms with Crippen molar-refractivity contribution in [2.24, 2.45) is 5.11 Å². The summed E-state index contributed by atoms with van der Waals surface area (Å²) in [5.74, 6) is 0. The Bertz CT molecular complexity index is 191. The van der Waals surface area contributed by atoms with E-state index in [1.165, 1.54) is 0 Å². The smallest absolute Gasteiger partial charge is 0.149 e. The van der Waals surface area contributed by atoms with E-state index >= 15 is 0 Å². The molecule has 12 heavy (non-hydrogen) atoms. The Morgan fingerprint density at radius 1 is 1.58 bits per heavy atom. The molecule has 0 bridgehead atoms. The Hall–Kier alpha value is -1.14. The summed E-state index contributed by atoms with van der Waals surface area (Å²) in [6, 6.07) is -1.34. The zero-order valence-corrected chi connectivity index (χ0v) is 6.11. The summed E-state index contributed by atoms with van der Waals surface area (Å²) in [6.07, 6.45) is -2.90. The number of hydrogen-bond acceptors (Lipinski definition) is 5.